The van der Waals surface area contributed by atoms with Gasteiger partial charge in [-0.3, -0.25) is 0 Å². The second-order valence-corrected chi connectivity index (χ2v) is 5.28. The molecule has 0 saturated heterocycles. The molecule has 2 aromatic heterocycles. The molecule has 0 atom stereocenters. The normalized spacial score (nSPS) is 15.1. The lowest BCUT2D eigenvalue weighted by Crippen LogP contribution is -2.02. The molecule has 1 aliphatic rings. The molecule has 1 N–H and O–H groups in total. The zero-order valence-corrected chi connectivity index (χ0v) is 11.0. The lowest BCUT2D eigenvalue weighted by Gasteiger charge is -2.05. The molecule has 0 bridgehead atoms. The van der Waals surface area contributed by atoms with E-state index in [4.69, 9.17) is 4.52 Å². The molecule has 0 amide bonds. The Balaban J connectivity index is 1.70. The molecule has 0 radical (unpaired) electrons. The fraction of sp³-hybridized carbons (Fsp3) is 0.333. The lowest BCUT2D eigenvalue weighted by atomic mass is 10.1. The molecule has 20 heavy (non-hydrogen) atoms. The summed E-state index contributed by atoms with van der Waals surface area (Å²) in [5.41, 5.74) is 1.95. The van der Waals surface area contributed by atoms with Crippen LogP contribution in [0.25, 0.3) is 10.9 Å². The van der Waals surface area contributed by atoms with Crippen molar-refractivity contribution in [2.45, 2.75) is 31.9 Å². The molecule has 1 saturated carbocycles. The molecule has 5 heteroatoms. The smallest absolute Gasteiger partial charge is 0.229 e. The van der Waals surface area contributed by atoms with Crippen molar-refractivity contribution in [3.05, 3.63) is 47.7 Å². The first kappa shape index (κ1) is 11.7. The topological polar surface area (TPSA) is 64.1 Å². The molecule has 3 aromatic rings. The first-order valence-electron chi connectivity index (χ1n) is 6.85. The van der Waals surface area contributed by atoms with Crippen molar-refractivity contribution in [2.75, 3.05) is 0 Å². The highest BCUT2D eigenvalue weighted by atomic mass is 16.5. The Bertz CT molecular complexity index is 755. The molecular formula is C15H15N3O2. The van der Waals surface area contributed by atoms with Crippen molar-refractivity contribution < 1.29 is 9.63 Å². The highest BCUT2D eigenvalue weighted by Crippen LogP contribution is 2.38. The van der Waals surface area contributed by atoms with E-state index in [1.165, 1.54) is 0 Å². The summed E-state index contributed by atoms with van der Waals surface area (Å²) in [5.74, 6) is 1.93. The number of hydrogen-bond donors (Lipinski definition) is 1. The van der Waals surface area contributed by atoms with Gasteiger partial charge in [-0.15, -0.1) is 0 Å². The minimum absolute atomic E-state index is 0.0287. The largest absolute Gasteiger partial charge is 0.392 e. The molecule has 1 aliphatic carbocycles. The van der Waals surface area contributed by atoms with E-state index in [-0.39, 0.29) is 6.61 Å². The van der Waals surface area contributed by atoms with Gasteiger partial charge in [-0.2, -0.15) is 4.98 Å². The molecule has 4 rings (SSSR count). The van der Waals surface area contributed by atoms with Crippen LogP contribution in [0.2, 0.25) is 0 Å². The summed E-state index contributed by atoms with van der Waals surface area (Å²) in [6.45, 7) is 0.595. The second-order valence-electron chi connectivity index (χ2n) is 5.28. The van der Waals surface area contributed by atoms with Gasteiger partial charge in [-0.25, -0.2) is 0 Å². The monoisotopic (exact) mass is 269 g/mol. The van der Waals surface area contributed by atoms with Crippen LogP contribution in [0, 0.1) is 0 Å². The Labute approximate surface area is 115 Å². The number of hydrogen-bond acceptors (Lipinski definition) is 4. The fourth-order valence-corrected chi connectivity index (χ4v) is 2.58. The number of fused-ring (bicyclic) bond motifs is 1. The van der Waals surface area contributed by atoms with Crippen molar-refractivity contribution in [3.8, 4) is 0 Å². The van der Waals surface area contributed by atoms with Gasteiger partial charge < -0.3 is 14.2 Å². The predicted octanol–water partition coefficient (Wildman–Crippen LogP) is 2.44. The zero-order chi connectivity index (χ0) is 13.5. The van der Waals surface area contributed by atoms with Crippen molar-refractivity contribution in [1.29, 1.82) is 0 Å². The first-order valence-corrected chi connectivity index (χ1v) is 6.85. The summed E-state index contributed by atoms with van der Waals surface area (Å²) < 4.78 is 7.34. The van der Waals surface area contributed by atoms with Gasteiger partial charge in [0.15, 0.2) is 5.82 Å². The zero-order valence-electron chi connectivity index (χ0n) is 11.0. The Morgan fingerprint density at radius 3 is 3.00 bits per heavy atom. The van der Waals surface area contributed by atoms with E-state index in [9.17, 15) is 5.11 Å². The average molecular weight is 269 g/mol. The van der Waals surface area contributed by atoms with Crippen LogP contribution in [-0.2, 0) is 13.2 Å². The van der Waals surface area contributed by atoms with Crippen LogP contribution in [0.4, 0.5) is 0 Å². The summed E-state index contributed by atoms with van der Waals surface area (Å²) >= 11 is 0. The highest BCUT2D eigenvalue weighted by Gasteiger charge is 2.29. The second kappa shape index (κ2) is 4.45. The maximum atomic E-state index is 9.47. The third-order valence-electron chi connectivity index (χ3n) is 3.76. The summed E-state index contributed by atoms with van der Waals surface area (Å²) in [5, 5.41) is 14.6. The van der Waals surface area contributed by atoms with Gasteiger partial charge in [0.05, 0.1) is 18.7 Å². The average Bonchev–Trinajstić information content (AvgIpc) is 3.09. The van der Waals surface area contributed by atoms with Gasteiger partial charge in [-0.05, 0) is 24.3 Å². The van der Waals surface area contributed by atoms with Crippen LogP contribution in [0.3, 0.4) is 0 Å². The Morgan fingerprint density at radius 1 is 1.30 bits per heavy atom. The lowest BCUT2D eigenvalue weighted by molar-refractivity contribution is 0.283. The van der Waals surface area contributed by atoms with Crippen LogP contribution >= 0.6 is 0 Å². The minimum Gasteiger partial charge on any atom is -0.392 e. The Kier molecular flexibility index (Phi) is 2.60. The molecule has 2 heterocycles. The molecule has 0 spiro atoms. The SMILES string of the molecule is OCc1cccc2ccn(Cc3noc(C4CC4)n3)c12. The summed E-state index contributed by atoms with van der Waals surface area (Å²) in [6, 6.07) is 7.97. The van der Waals surface area contributed by atoms with Gasteiger partial charge in [-0.1, -0.05) is 23.4 Å². The number of aliphatic hydroxyl groups is 1. The van der Waals surface area contributed by atoms with Gasteiger partial charge in [0, 0.05) is 17.7 Å². The van der Waals surface area contributed by atoms with Crippen LogP contribution in [-0.4, -0.2) is 19.8 Å². The van der Waals surface area contributed by atoms with Crippen LogP contribution in [0.5, 0.6) is 0 Å². The van der Waals surface area contributed by atoms with E-state index in [1.807, 2.05) is 30.5 Å². The van der Waals surface area contributed by atoms with Gasteiger partial charge >= 0.3 is 0 Å². The molecule has 5 nitrogen and oxygen atoms in total. The maximum absolute atomic E-state index is 9.47. The number of benzene rings is 1. The van der Waals surface area contributed by atoms with Gasteiger partial charge in [0.1, 0.15) is 0 Å². The molecule has 1 aromatic carbocycles. The van der Waals surface area contributed by atoms with Crippen LogP contribution < -0.4 is 0 Å². The van der Waals surface area contributed by atoms with Crippen molar-refractivity contribution in [2.24, 2.45) is 0 Å². The molecule has 0 unspecified atom stereocenters. The van der Waals surface area contributed by atoms with Crippen LogP contribution in [0.1, 0.15) is 36.0 Å². The number of nitrogens with zero attached hydrogens (tertiary/aromatic N) is 3. The highest BCUT2D eigenvalue weighted by molar-refractivity contribution is 5.83. The molecule has 1 fully saturated rings. The number of para-hydroxylation sites is 1. The fourth-order valence-electron chi connectivity index (χ4n) is 2.58. The quantitative estimate of drug-likeness (QED) is 0.790. The number of aliphatic hydroxyl groups excluding tert-OH is 1. The van der Waals surface area contributed by atoms with E-state index < -0.39 is 0 Å². The Hall–Kier alpha value is -2.14. The van der Waals surface area contributed by atoms with E-state index in [1.54, 1.807) is 0 Å². The van der Waals surface area contributed by atoms with Crippen molar-refractivity contribution in [3.63, 3.8) is 0 Å². The van der Waals surface area contributed by atoms with Crippen molar-refractivity contribution in [1.82, 2.24) is 14.7 Å². The minimum atomic E-state index is 0.0287. The van der Waals surface area contributed by atoms with E-state index in [0.29, 0.717) is 18.3 Å². The predicted molar refractivity (Wildman–Crippen MR) is 73.2 cm³/mol. The standard InChI is InChI=1S/C15H15N3O2/c19-9-12-3-1-2-10-6-7-18(14(10)12)8-13-16-15(20-17-13)11-4-5-11/h1-3,6-7,11,19H,4-5,8-9H2. The van der Waals surface area contributed by atoms with Crippen molar-refractivity contribution >= 4 is 10.9 Å². The van der Waals surface area contributed by atoms with E-state index in [2.05, 4.69) is 14.7 Å². The first-order chi connectivity index (χ1) is 9.85. The maximum Gasteiger partial charge on any atom is 0.229 e. The van der Waals surface area contributed by atoms with Crippen LogP contribution in [0.15, 0.2) is 35.0 Å². The summed E-state index contributed by atoms with van der Waals surface area (Å²) in [6.07, 6.45) is 4.31. The van der Waals surface area contributed by atoms with Gasteiger partial charge in [0.25, 0.3) is 0 Å². The molecule has 0 aliphatic heterocycles. The Morgan fingerprint density at radius 2 is 2.20 bits per heavy atom. The molecule has 102 valence electrons. The van der Waals surface area contributed by atoms with E-state index in [0.717, 1.165) is 35.2 Å². The molecular weight excluding hydrogens is 254 g/mol. The van der Waals surface area contributed by atoms with Gasteiger partial charge in [0.2, 0.25) is 5.89 Å². The third-order valence-corrected chi connectivity index (χ3v) is 3.76. The summed E-state index contributed by atoms with van der Waals surface area (Å²) in [4.78, 5) is 4.45. The third kappa shape index (κ3) is 1.91. The van der Waals surface area contributed by atoms with E-state index >= 15 is 0 Å². The summed E-state index contributed by atoms with van der Waals surface area (Å²) in [7, 11) is 0. The number of aromatic nitrogens is 3. The number of rotatable bonds is 4.